The van der Waals surface area contributed by atoms with Gasteiger partial charge in [0, 0.05) is 17.7 Å². The predicted octanol–water partition coefficient (Wildman–Crippen LogP) is 3.01. The molecule has 1 aliphatic rings. The van der Waals surface area contributed by atoms with Crippen molar-refractivity contribution in [1.29, 1.82) is 0 Å². The van der Waals surface area contributed by atoms with Gasteiger partial charge in [0.2, 0.25) is 0 Å². The first-order chi connectivity index (χ1) is 8.29. The van der Waals surface area contributed by atoms with Crippen LogP contribution < -0.4 is 0 Å². The first-order valence-corrected chi connectivity index (χ1v) is 6.25. The van der Waals surface area contributed by atoms with E-state index in [1.165, 1.54) is 31.7 Å². The van der Waals surface area contributed by atoms with E-state index in [2.05, 4.69) is 4.90 Å². The molecule has 0 spiro atoms. The molecule has 0 saturated carbocycles. The quantitative estimate of drug-likeness (QED) is 0.751. The minimum Gasteiger partial charge on any atom is -0.299 e. The summed E-state index contributed by atoms with van der Waals surface area (Å²) in [5, 5.41) is 0. The molecular formula is C14H18FNO. The smallest absolute Gasteiger partial charge is 0.150 e. The Labute approximate surface area is 101 Å². The van der Waals surface area contributed by atoms with E-state index in [1.807, 2.05) is 0 Å². The van der Waals surface area contributed by atoms with Gasteiger partial charge in [-0.3, -0.25) is 9.69 Å². The van der Waals surface area contributed by atoms with Crippen LogP contribution in [0.5, 0.6) is 0 Å². The minimum atomic E-state index is -0.265. The lowest BCUT2D eigenvalue weighted by Gasteiger charge is -2.20. The van der Waals surface area contributed by atoms with Crippen molar-refractivity contribution < 1.29 is 9.18 Å². The summed E-state index contributed by atoms with van der Waals surface area (Å²) in [4.78, 5) is 12.8. The molecule has 1 saturated heterocycles. The van der Waals surface area contributed by atoms with E-state index < -0.39 is 0 Å². The number of hydrogen-bond donors (Lipinski definition) is 0. The maximum atomic E-state index is 13.7. The average molecular weight is 235 g/mol. The van der Waals surface area contributed by atoms with E-state index in [0.29, 0.717) is 24.0 Å². The molecule has 0 aromatic heterocycles. The number of aldehydes is 1. The third-order valence-corrected chi connectivity index (χ3v) is 3.31. The van der Waals surface area contributed by atoms with Crippen LogP contribution in [0.3, 0.4) is 0 Å². The number of carbonyl (C=O) groups is 1. The molecule has 3 heteroatoms. The Morgan fingerprint density at radius 2 is 1.88 bits per heavy atom. The predicted molar refractivity (Wildman–Crippen MR) is 65.5 cm³/mol. The molecule has 0 radical (unpaired) electrons. The second-order valence-corrected chi connectivity index (χ2v) is 4.66. The second kappa shape index (κ2) is 5.92. The topological polar surface area (TPSA) is 20.3 Å². The van der Waals surface area contributed by atoms with Gasteiger partial charge in [-0.05, 0) is 32.0 Å². The van der Waals surface area contributed by atoms with Gasteiger partial charge in [-0.2, -0.15) is 0 Å². The van der Waals surface area contributed by atoms with E-state index in [-0.39, 0.29) is 5.82 Å². The number of carbonyl (C=O) groups excluding carboxylic acids is 1. The molecule has 92 valence electrons. The lowest BCUT2D eigenvalue weighted by Crippen LogP contribution is -2.24. The molecule has 0 N–H and O–H groups in total. The lowest BCUT2D eigenvalue weighted by atomic mass is 10.1. The van der Waals surface area contributed by atoms with Gasteiger partial charge < -0.3 is 0 Å². The highest BCUT2D eigenvalue weighted by molar-refractivity contribution is 5.74. The Kier molecular flexibility index (Phi) is 4.26. The zero-order valence-electron chi connectivity index (χ0n) is 9.99. The fraction of sp³-hybridized carbons (Fsp3) is 0.500. The Hall–Kier alpha value is -1.22. The summed E-state index contributed by atoms with van der Waals surface area (Å²) in [6.07, 6.45) is 5.65. The van der Waals surface area contributed by atoms with Crippen LogP contribution in [0, 0.1) is 5.82 Å². The standard InChI is InChI=1S/C14H18FNO/c15-14-9-12(11-17)5-6-13(14)10-16-7-3-1-2-4-8-16/h5-6,9,11H,1-4,7-8,10H2. The Balaban J connectivity index is 2.04. The molecule has 1 fully saturated rings. The van der Waals surface area contributed by atoms with Crippen LogP contribution >= 0.6 is 0 Å². The van der Waals surface area contributed by atoms with Crippen LogP contribution in [0.25, 0.3) is 0 Å². The van der Waals surface area contributed by atoms with Gasteiger partial charge in [-0.15, -0.1) is 0 Å². The lowest BCUT2D eigenvalue weighted by molar-refractivity contribution is 0.112. The van der Waals surface area contributed by atoms with Crippen molar-refractivity contribution in [1.82, 2.24) is 4.90 Å². The fourth-order valence-electron chi connectivity index (χ4n) is 2.30. The van der Waals surface area contributed by atoms with Gasteiger partial charge in [0.05, 0.1) is 0 Å². The molecule has 0 unspecified atom stereocenters. The number of likely N-dealkylation sites (tertiary alicyclic amines) is 1. The SMILES string of the molecule is O=Cc1ccc(CN2CCCCCC2)c(F)c1. The van der Waals surface area contributed by atoms with Crippen molar-refractivity contribution in [3.8, 4) is 0 Å². The number of rotatable bonds is 3. The molecule has 1 aliphatic heterocycles. The number of halogens is 1. The highest BCUT2D eigenvalue weighted by Crippen LogP contribution is 2.16. The highest BCUT2D eigenvalue weighted by atomic mass is 19.1. The largest absolute Gasteiger partial charge is 0.299 e. The van der Waals surface area contributed by atoms with Gasteiger partial charge in [0.15, 0.2) is 0 Å². The summed E-state index contributed by atoms with van der Waals surface area (Å²) in [7, 11) is 0. The van der Waals surface area contributed by atoms with Crippen LogP contribution in [0.1, 0.15) is 41.6 Å². The number of benzene rings is 1. The van der Waals surface area contributed by atoms with Crippen LogP contribution in [0.2, 0.25) is 0 Å². The average Bonchev–Trinajstić information content (AvgIpc) is 2.60. The molecule has 0 amide bonds. The molecule has 2 rings (SSSR count). The van der Waals surface area contributed by atoms with Crippen molar-refractivity contribution in [3.63, 3.8) is 0 Å². The second-order valence-electron chi connectivity index (χ2n) is 4.66. The van der Waals surface area contributed by atoms with Gasteiger partial charge in [-0.1, -0.05) is 25.0 Å². The third kappa shape index (κ3) is 3.37. The molecule has 2 nitrogen and oxygen atoms in total. The first-order valence-electron chi connectivity index (χ1n) is 6.25. The Morgan fingerprint density at radius 3 is 2.47 bits per heavy atom. The maximum absolute atomic E-state index is 13.7. The van der Waals surface area contributed by atoms with Crippen molar-refractivity contribution in [2.45, 2.75) is 32.2 Å². The maximum Gasteiger partial charge on any atom is 0.150 e. The molecular weight excluding hydrogens is 217 g/mol. The van der Waals surface area contributed by atoms with Crippen LogP contribution in [0.15, 0.2) is 18.2 Å². The Bertz CT molecular complexity index is 384. The van der Waals surface area contributed by atoms with E-state index in [4.69, 9.17) is 0 Å². The summed E-state index contributed by atoms with van der Waals surface area (Å²) in [6.45, 7) is 2.76. The molecule has 1 aromatic rings. The van der Waals surface area contributed by atoms with Crippen LogP contribution in [-0.2, 0) is 6.54 Å². The van der Waals surface area contributed by atoms with Gasteiger partial charge >= 0.3 is 0 Å². The fourth-order valence-corrected chi connectivity index (χ4v) is 2.30. The number of nitrogens with zero attached hydrogens (tertiary/aromatic N) is 1. The molecule has 17 heavy (non-hydrogen) atoms. The molecule has 0 atom stereocenters. The summed E-state index contributed by atoms with van der Waals surface area (Å²) < 4.78 is 13.7. The minimum absolute atomic E-state index is 0.265. The number of hydrogen-bond acceptors (Lipinski definition) is 2. The summed E-state index contributed by atoms with van der Waals surface area (Å²) >= 11 is 0. The van der Waals surface area contributed by atoms with Gasteiger partial charge in [0.1, 0.15) is 12.1 Å². The molecule has 1 aromatic carbocycles. The highest BCUT2D eigenvalue weighted by Gasteiger charge is 2.12. The van der Waals surface area contributed by atoms with E-state index in [0.717, 1.165) is 13.1 Å². The van der Waals surface area contributed by atoms with E-state index >= 15 is 0 Å². The third-order valence-electron chi connectivity index (χ3n) is 3.31. The van der Waals surface area contributed by atoms with E-state index in [1.54, 1.807) is 12.1 Å². The molecule has 0 aliphatic carbocycles. The van der Waals surface area contributed by atoms with Gasteiger partial charge in [0.25, 0.3) is 0 Å². The molecule has 0 bridgehead atoms. The normalized spacial score (nSPS) is 17.7. The first kappa shape index (κ1) is 12.2. The monoisotopic (exact) mass is 235 g/mol. The summed E-state index contributed by atoms with van der Waals surface area (Å²) in [5.41, 5.74) is 1.10. The van der Waals surface area contributed by atoms with Crippen molar-refractivity contribution >= 4 is 6.29 Å². The Morgan fingerprint density at radius 1 is 1.18 bits per heavy atom. The van der Waals surface area contributed by atoms with Crippen molar-refractivity contribution in [2.75, 3.05) is 13.1 Å². The van der Waals surface area contributed by atoms with Crippen molar-refractivity contribution in [2.24, 2.45) is 0 Å². The van der Waals surface area contributed by atoms with E-state index in [9.17, 15) is 9.18 Å². The van der Waals surface area contributed by atoms with Crippen LogP contribution in [0.4, 0.5) is 4.39 Å². The zero-order chi connectivity index (χ0) is 12.1. The van der Waals surface area contributed by atoms with Gasteiger partial charge in [-0.25, -0.2) is 4.39 Å². The summed E-state index contributed by atoms with van der Waals surface area (Å²) in [6, 6.07) is 4.73. The zero-order valence-corrected chi connectivity index (χ0v) is 9.99. The summed E-state index contributed by atoms with van der Waals surface area (Å²) in [5.74, 6) is -0.265. The van der Waals surface area contributed by atoms with Crippen LogP contribution in [-0.4, -0.2) is 24.3 Å². The molecule has 1 heterocycles. The van der Waals surface area contributed by atoms with Crippen molar-refractivity contribution in [3.05, 3.63) is 35.1 Å².